The summed E-state index contributed by atoms with van der Waals surface area (Å²) in [6.45, 7) is 6.04. The van der Waals surface area contributed by atoms with Gasteiger partial charge in [0.05, 0.1) is 0 Å². The molecule has 0 fully saturated rings. The van der Waals surface area contributed by atoms with E-state index >= 15 is 0 Å². The molecular weight excluding hydrogens is 134 g/mol. The first kappa shape index (κ1) is 9.60. The van der Waals surface area contributed by atoms with Gasteiger partial charge in [-0.05, 0) is 25.8 Å². The Labute approximate surface area is 60.9 Å². The normalized spacial score (nSPS) is 14.5. The fourth-order valence-electron chi connectivity index (χ4n) is 0.491. The maximum atomic E-state index is 12.7. The maximum Gasteiger partial charge on any atom is 0.156 e. The Morgan fingerprint density at radius 1 is 1.40 bits per heavy atom. The van der Waals surface area contributed by atoms with Crippen LogP contribution in [0.15, 0.2) is 11.9 Å². The van der Waals surface area contributed by atoms with Crippen molar-refractivity contribution >= 4 is 0 Å². The molecule has 0 aliphatic rings. The summed E-state index contributed by atoms with van der Waals surface area (Å²) in [6, 6.07) is 0. The molecule has 0 aliphatic carbocycles. The summed E-state index contributed by atoms with van der Waals surface area (Å²) < 4.78 is 25.3. The van der Waals surface area contributed by atoms with Crippen molar-refractivity contribution in [3.05, 3.63) is 11.9 Å². The van der Waals surface area contributed by atoms with Gasteiger partial charge < -0.3 is 0 Å². The molecule has 0 aromatic heterocycles. The van der Waals surface area contributed by atoms with E-state index in [2.05, 4.69) is 0 Å². The second-order valence-electron chi connectivity index (χ2n) is 3.23. The monoisotopic (exact) mass is 148 g/mol. The van der Waals surface area contributed by atoms with Gasteiger partial charge in [-0.25, -0.2) is 8.78 Å². The van der Waals surface area contributed by atoms with E-state index in [1.165, 1.54) is 19.9 Å². The molecule has 0 spiro atoms. The number of alkyl halides is 1. The number of allylic oxidation sites excluding steroid dienone is 2. The summed E-state index contributed by atoms with van der Waals surface area (Å²) >= 11 is 0. The minimum absolute atomic E-state index is 0.0648. The third kappa shape index (κ3) is 3.59. The van der Waals surface area contributed by atoms with Crippen LogP contribution in [0, 0.1) is 5.92 Å². The summed E-state index contributed by atoms with van der Waals surface area (Å²) in [6.07, 6.45) is 1.29. The van der Waals surface area contributed by atoms with E-state index in [9.17, 15) is 8.78 Å². The highest BCUT2D eigenvalue weighted by molar-refractivity contribution is 5.05. The van der Waals surface area contributed by atoms with Gasteiger partial charge >= 0.3 is 0 Å². The van der Waals surface area contributed by atoms with Crippen LogP contribution in [0.2, 0.25) is 0 Å². The van der Waals surface area contributed by atoms with Crippen molar-refractivity contribution in [2.45, 2.75) is 33.4 Å². The van der Waals surface area contributed by atoms with Crippen LogP contribution in [0.5, 0.6) is 0 Å². The molecule has 0 bridgehead atoms. The van der Waals surface area contributed by atoms with Crippen LogP contribution in [-0.2, 0) is 0 Å². The minimum atomic E-state index is -1.82. The van der Waals surface area contributed by atoms with Crippen LogP contribution in [0.4, 0.5) is 8.78 Å². The summed E-state index contributed by atoms with van der Waals surface area (Å²) in [5.74, 6) is -0.613. The fourth-order valence-corrected chi connectivity index (χ4v) is 0.491. The van der Waals surface area contributed by atoms with E-state index in [1.807, 2.05) is 13.8 Å². The molecule has 0 aromatic carbocycles. The van der Waals surface area contributed by atoms with E-state index in [0.717, 1.165) is 0 Å². The Hall–Kier alpha value is -0.400. The molecule has 0 atom stereocenters. The molecule has 0 heterocycles. The molecule has 0 saturated heterocycles. The Kier molecular flexibility index (Phi) is 3.00. The maximum absolute atomic E-state index is 12.7. The lowest BCUT2D eigenvalue weighted by molar-refractivity contribution is 0.221. The Balaban J connectivity index is 4.20. The highest BCUT2D eigenvalue weighted by Crippen LogP contribution is 2.22. The van der Waals surface area contributed by atoms with Gasteiger partial charge in [0.2, 0.25) is 0 Å². The Bertz CT molecular complexity index is 129. The van der Waals surface area contributed by atoms with Crippen molar-refractivity contribution in [2.24, 2.45) is 5.92 Å². The van der Waals surface area contributed by atoms with Gasteiger partial charge in [-0.2, -0.15) is 0 Å². The van der Waals surface area contributed by atoms with Gasteiger partial charge in [-0.3, -0.25) is 0 Å². The van der Waals surface area contributed by atoms with Crippen LogP contribution in [0.1, 0.15) is 27.7 Å². The summed E-state index contributed by atoms with van der Waals surface area (Å²) in [5.41, 5.74) is -1.82. The Morgan fingerprint density at radius 3 is 1.90 bits per heavy atom. The van der Waals surface area contributed by atoms with Crippen molar-refractivity contribution in [3.8, 4) is 0 Å². The SMILES string of the molecule is CC(C)/C=C(/F)C(C)(C)F. The molecule has 0 nitrogen and oxygen atoms in total. The second-order valence-corrected chi connectivity index (χ2v) is 3.23. The van der Waals surface area contributed by atoms with Crippen molar-refractivity contribution in [2.75, 3.05) is 0 Å². The zero-order valence-corrected chi connectivity index (χ0v) is 6.91. The quantitative estimate of drug-likeness (QED) is 0.564. The Morgan fingerprint density at radius 2 is 1.80 bits per heavy atom. The molecule has 0 rings (SSSR count). The molecule has 0 amide bonds. The molecule has 0 aliphatic heterocycles. The van der Waals surface area contributed by atoms with Crippen LogP contribution in [-0.4, -0.2) is 5.67 Å². The summed E-state index contributed by atoms with van der Waals surface area (Å²) in [4.78, 5) is 0. The van der Waals surface area contributed by atoms with Gasteiger partial charge in [-0.15, -0.1) is 0 Å². The van der Waals surface area contributed by atoms with E-state index in [0.29, 0.717) is 0 Å². The first-order valence-corrected chi connectivity index (χ1v) is 3.40. The number of hydrogen-bond donors (Lipinski definition) is 0. The zero-order valence-electron chi connectivity index (χ0n) is 6.91. The molecule has 0 aromatic rings. The highest BCUT2D eigenvalue weighted by Gasteiger charge is 2.21. The molecule has 0 radical (unpaired) electrons. The van der Waals surface area contributed by atoms with Crippen molar-refractivity contribution in [1.29, 1.82) is 0 Å². The van der Waals surface area contributed by atoms with Crippen molar-refractivity contribution in [1.82, 2.24) is 0 Å². The third-order valence-electron chi connectivity index (χ3n) is 1.05. The number of hydrogen-bond acceptors (Lipinski definition) is 0. The molecule has 2 heteroatoms. The van der Waals surface area contributed by atoms with E-state index < -0.39 is 11.5 Å². The lowest BCUT2D eigenvalue weighted by Gasteiger charge is -2.11. The molecule has 0 N–H and O–H groups in total. The molecule has 0 saturated carbocycles. The standard InChI is InChI=1S/C8H14F2/c1-6(2)5-7(9)8(3,4)10/h5-6H,1-4H3/b7-5+. The third-order valence-corrected chi connectivity index (χ3v) is 1.05. The van der Waals surface area contributed by atoms with Crippen molar-refractivity contribution in [3.63, 3.8) is 0 Å². The average molecular weight is 148 g/mol. The topological polar surface area (TPSA) is 0 Å². The number of halogens is 2. The van der Waals surface area contributed by atoms with Crippen LogP contribution < -0.4 is 0 Å². The highest BCUT2D eigenvalue weighted by atomic mass is 19.2. The smallest absolute Gasteiger partial charge is 0.156 e. The molecular formula is C8H14F2. The van der Waals surface area contributed by atoms with Crippen LogP contribution in [0.25, 0.3) is 0 Å². The predicted octanol–water partition coefficient (Wildman–Crippen LogP) is 3.24. The van der Waals surface area contributed by atoms with Crippen molar-refractivity contribution < 1.29 is 8.78 Å². The summed E-state index contributed by atoms with van der Waals surface area (Å²) in [5, 5.41) is 0. The molecule has 0 unspecified atom stereocenters. The van der Waals surface area contributed by atoms with Gasteiger partial charge in [-0.1, -0.05) is 13.8 Å². The van der Waals surface area contributed by atoms with E-state index in [4.69, 9.17) is 0 Å². The van der Waals surface area contributed by atoms with E-state index in [-0.39, 0.29) is 5.92 Å². The molecule has 60 valence electrons. The van der Waals surface area contributed by atoms with Crippen LogP contribution >= 0.6 is 0 Å². The van der Waals surface area contributed by atoms with Gasteiger partial charge in [0.15, 0.2) is 5.67 Å². The molecule has 10 heavy (non-hydrogen) atoms. The lowest BCUT2D eigenvalue weighted by Crippen LogP contribution is -2.12. The minimum Gasteiger partial charge on any atom is -0.237 e. The van der Waals surface area contributed by atoms with Gasteiger partial charge in [0.1, 0.15) is 5.83 Å². The van der Waals surface area contributed by atoms with E-state index in [1.54, 1.807) is 0 Å². The second kappa shape index (κ2) is 3.13. The zero-order chi connectivity index (χ0) is 8.36. The first-order valence-electron chi connectivity index (χ1n) is 3.40. The van der Waals surface area contributed by atoms with Crippen LogP contribution in [0.3, 0.4) is 0 Å². The average Bonchev–Trinajstić information content (AvgIpc) is 1.60. The number of rotatable bonds is 2. The fraction of sp³-hybridized carbons (Fsp3) is 0.750. The predicted molar refractivity (Wildman–Crippen MR) is 39.2 cm³/mol. The van der Waals surface area contributed by atoms with Gasteiger partial charge in [0, 0.05) is 0 Å². The first-order chi connectivity index (χ1) is 4.34. The van der Waals surface area contributed by atoms with Gasteiger partial charge in [0.25, 0.3) is 0 Å². The summed E-state index contributed by atoms with van der Waals surface area (Å²) in [7, 11) is 0. The lowest BCUT2D eigenvalue weighted by atomic mass is 10.1. The largest absolute Gasteiger partial charge is 0.237 e.